The first-order chi connectivity index (χ1) is 13.1. The highest BCUT2D eigenvalue weighted by Gasteiger charge is 2.19. The van der Waals surface area contributed by atoms with Crippen molar-refractivity contribution >= 4 is 22.7 Å². The van der Waals surface area contributed by atoms with E-state index in [9.17, 15) is 0 Å². The fourth-order valence-corrected chi connectivity index (χ4v) is 3.64. The van der Waals surface area contributed by atoms with Crippen LogP contribution < -0.4 is 21.3 Å². The maximum Gasteiger partial charge on any atom is 0.0367 e. The lowest BCUT2D eigenvalue weighted by Gasteiger charge is -2.34. The second-order valence-corrected chi connectivity index (χ2v) is 7.18. The Labute approximate surface area is 165 Å². The van der Waals surface area contributed by atoms with Gasteiger partial charge in [0, 0.05) is 49.4 Å². The molecule has 1 aliphatic rings. The van der Waals surface area contributed by atoms with E-state index in [1.54, 1.807) is 0 Å². The number of piperidine rings is 1. The smallest absolute Gasteiger partial charge is 0.0367 e. The Morgan fingerprint density at radius 3 is 1.96 bits per heavy atom. The fourth-order valence-electron chi connectivity index (χ4n) is 3.64. The van der Waals surface area contributed by atoms with Crippen LogP contribution in [0.5, 0.6) is 0 Å². The Bertz CT molecular complexity index is 643. The van der Waals surface area contributed by atoms with Crippen LogP contribution in [0.2, 0.25) is 0 Å². The van der Waals surface area contributed by atoms with Crippen molar-refractivity contribution in [1.29, 1.82) is 0 Å². The third kappa shape index (κ3) is 6.38. The van der Waals surface area contributed by atoms with Gasteiger partial charge < -0.3 is 21.3 Å². The number of hydrogen-bond donors (Lipinski definition) is 2. The number of nitrogens with zero attached hydrogens (tertiary/aromatic N) is 2. The van der Waals surface area contributed by atoms with Gasteiger partial charge in [-0.2, -0.15) is 0 Å². The van der Waals surface area contributed by atoms with Crippen LogP contribution in [0.1, 0.15) is 39.5 Å². The van der Waals surface area contributed by atoms with Gasteiger partial charge in [-0.05, 0) is 80.1 Å². The molecular formula is C23H36N4. The third-order valence-corrected chi connectivity index (χ3v) is 5.31. The number of benzene rings is 2. The van der Waals surface area contributed by atoms with E-state index in [0.29, 0.717) is 0 Å². The largest absolute Gasteiger partial charge is 0.399 e. The minimum absolute atomic E-state index is 0.824. The number of anilines is 4. The molecule has 0 unspecified atom stereocenters. The minimum Gasteiger partial charge on any atom is -0.399 e. The van der Waals surface area contributed by atoms with Crippen molar-refractivity contribution in [2.45, 2.75) is 39.5 Å². The summed E-state index contributed by atoms with van der Waals surface area (Å²) in [5.41, 5.74) is 15.7. The predicted octanol–water partition coefficient (Wildman–Crippen LogP) is 5.01. The SMILES string of the molecule is CC.CN(CCCC1CCN(c2ccc(N)cc2)CC1)c1ccc(N)cc1. The molecule has 0 aliphatic carbocycles. The van der Waals surface area contributed by atoms with Gasteiger partial charge in [-0.25, -0.2) is 0 Å². The van der Waals surface area contributed by atoms with Crippen molar-refractivity contribution in [1.82, 2.24) is 0 Å². The van der Waals surface area contributed by atoms with Crippen molar-refractivity contribution in [3.05, 3.63) is 48.5 Å². The molecule has 4 nitrogen and oxygen atoms in total. The zero-order chi connectivity index (χ0) is 19.6. The lowest BCUT2D eigenvalue weighted by molar-refractivity contribution is 0.374. The molecule has 1 aliphatic heterocycles. The van der Waals surface area contributed by atoms with E-state index in [4.69, 9.17) is 11.5 Å². The van der Waals surface area contributed by atoms with Crippen LogP contribution in [0.3, 0.4) is 0 Å². The summed E-state index contributed by atoms with van der Waals surface area (Å²) in [6, 6.07) is 16.4. The zero-order valence-electron chi connectivity index (χ0n) is 17.2. The van der Waals surface area contributed by atoms with Gasteiger partial charge in [0.15, 0.2) is 0 Å². The monoisotopic (exact) mass is 368 g/mol. The maximum atomic E-state index is 5.78. The molecule has 0 amide bonds. The molecule has 2 aromatic rings. The first-order valence-electron chi connectivity index (χ1n) is 10.3. The number of rotatable bonds is 6. The second-order valence-electron chi connectivity index (χ2n) is 7.18. The van der Waals surface area contributed by atoms with Crippen LogP contribution in [0.4, 0.5) is 22.7 Å². The molecule has 1 fully saturated rings. The Morgan fingerprint density at radius 2 is 1.41 bits per heavy atom. The molecule has 0 aromatic heterocycles. The van der Waals surface area contributed by atoms with Crippen LogP contribution in [0.15, 0.2) is 48.5 Å². The minimum atomic E-state index is 0.824. The quantitative estimate of drug-likeness (QED) is 0.704. The van der Waals surface area contributed by atoms with Gasteiger partial charge in [0.25, 0.3) is 0 Å². The maximum absolute atomic E-state index is 5.78. The molecule has 4 heteroatoms. The molecule has 0 spiro atoms. The molecule has 148 valence electrons. The van der Waals surface area contributed by atoms with Gasteiger partial charge in [-0.15, -0.1) is 0 Å². The van der Waals surface area contributed by atoms with Gasteiger partial charge in [0.05, 0.1) is 0 Å². The summed E-state index contributed by atoms with van der Waals surface area (Å²) in [5, 5.41) is 0. The van der Waals surface area contributed by atoms with Gasteiger partial charge in [0.2, 0.25) is 0 Å². The predicted molar refractivity (Wildman–Crippen MR) is 120 cm³/mol. The molecule has 3 rings (SSSR count). The third-order valence-electron chi connectivity index (χ3n) is 5.31. The highest BCUT2D eigenvalue weighted by atomic mass is 15.1. The molecule has 0 radical (unpaired) electrons. The van der Waals surface area contributed by atoms with Crippen molar-refractivity contribution in [3.8, 4) is 0 Å². The lowest BCUT2D eigenvalue weighted by atomic mass is 9.92. The highest BCUT2D eigenvalue weighted by Crippen LogP contribution is 2.27. The normalized spacial score (nSPS) is 14.4. The molecule has 4 N–H and O–H groups in total. The van der Waals surface area contributed by atoms with Crippen molar-refractivity contribution < 1.29 is 0 Å². The topological polar surface area (TPSA) is 58.5 Å². The van der Waals surface area contributed by atoms with Gasteiger partial charge >= 0.3 is 0 Å². The Hall–Kier alpha value is -2.36. The summed E-state index contributed by atoms with van der Waals surface area (Å²) in [4.78, 5) is 4.80. The Balaban J connectivity index is 0.00000126. The first-order valence-corrected chi connectivity index (χ1v) is 10.3. The molecular weight excluding hydrogens is 332 g/mol. The average Bonchev–Trinajstić information content (AvgIpc) is 2.71. The van der Waals surface area contributed by atoms with Crippen LogP contribution in [-0.2, 0) is 0 Å². The lowest BCUT2D eigenvalue weighted by Crippen LogP contribution is -2.33. The molecule has 2 aromatic carbocycles. The van der Waals surface area contributed by atoms with E-state index in [1.165, 1.54) is 37.1 Å². The van der Waals surface area contributed by atoms with Crippen LogP contribution in [0.25, 0.3) is 0 Å². The van der Waals surface area contributed by atoms with Crippen molar-refractivity contribution in [2.24, 2.45) is 5.92 Å². The van der Waals surface area contributed by atoms with Gasteiger partial charge in [0.1, 0.15) is 0 Å². The fraction of sp³-hybridized carbons (Fsp3) is 0.478. The molecule has 0 saturated carbocycles. The molecule has 1 heterocycles. The average molecular weight is 369 g/mol. The molecule has 27 heavy (non-hydrogen) atoms. The van der Waals surface area contributed by atoms with Crippen molar-refractivity contribution in [2.75, 3.05) is 47.9 Å². The van der Waals surface area contributed by atoms with Crippen LogP contribution in [0, 0.1) is 5.92 Å². The Kier molecular flexibility index (Phi) is 8.31. The number of nitrogens with two attached hydrogens (primary N) is 2. The number of hydrogen-bond acceptors (Lipinski definition) is 4. The summed E-state index contributed by atoms with van der Waals surface area (Å²) in [6.45, 7) is 7.41. The van der Waals surface area contributed by atoms with E-state index in [0.717, 1.165) is 36.9 Å². The molecule has 0 atom stereocenters. The number of nitrogen functional groups attached to an aromatic ring is 2. The summed E-state index contributed by atoms with van der Waals surface area (Å²) in [5.74, 6) is 0.852. The summed E-state index contributed by atoms with van der Waals surface area (Å²) >= 11 is 0. The van der Waals surface area contributed by atoms with E-state index in [2.05, 4.69) is 41.1 Å². The second kappa shape index (κ2) is 10.7. The summed E-state index contributed by atoms with van der Waals surface area (Å²) in [6.07, 6.45) is 5.13. The van der Waals surface area contributed by atoms with E-state index in [1.807, 2.05) is 38.1 Å². The Morgan fingerprint density at radius 1 is 0.889 bits per heavy atom. The van der Waals surface area contributed by atoms with Gasteiger partial charge in [-0.1, -0.05) is 13.8 Å². The summed E-state index contributed by atoms with van der Waals surface area (Å²) < 4.78 is 0. The molecule has 1 saturated heterocycles. The van der Waals surface area contributed by atoms with E-state index < -0.39 is 0 Å². The van der Waals surface area contributed by atoms with Crippen LogP contribution in [-0.4, -0.2) is 26.7 Å². The summed E-state index contributed by atoms with van der Waals surface area (Å²) in [7, 11) is 2.16. The van der Waals surface area contributed by atoms with Crippen LogP contribution >= 0.6 is 0 Å². The highest BCUT2D eigenvalue weighted by molar-refractivity contribution is 5.53. The standard InChI is InChI=1S/C21H30N4.C2H6/c1-24(20-8-4-18(22)5-9-20)14-2-3-17-12-15-25(16-13-17)21-10-6-19(23)7-11-21;1-2/h4-11,17H,2-3,12-16,22-23H2,1H3;1-2H3. The van der Waals surface area contributed by atoms with E-state index in [-0.39, 0.29) is 0 Å². The first kappa shape index (κ1) is 20.9. The van der Waals surface area contributed by atoms with E-state index >= 15 is 0 Å². The zero-order valence-corrected chi connectivity index (χ0v) is 17.2. The molecule has 0 bridgehead atoms. The van der Waals surface area contributed by atoms with Gasteiger partial charge in [-0.3, -0.25) is 0 Å². The van der Waals surface area contributed by atoms with Crippen molar-refractivity contribution in [3.63, 3.8) is 0 Å².